The Morgan fingerprint density at radius 2 is 1.92 bits per heavy atom. The van der Waals surface area contributed by atoms with E-state index < -0.39 is 11.9 Å². The maximum Gasteiger partial charge on any atom is 0.405 e. The van der Waals surface area contributed by atoms with Crippen LogP contribution in [0.3, 0.4) is 0 Å². The highest BCUT2D eigenvalue weighted by Crippen LogP contribution is 2.60. The number of halogens is 2. The lowest BCUT2D eigenvalue weighted by Crippen LogP contribution is -2.83. The van der Waals surface area contributed by atoms with Gasteiger partial charge in [0.25, 0.3) is 5.91 Å². The average molecular weight is 365 g/mol. The second-order valence-electron chi connectivity index (χ2n) is 6.75. The summed E-state index contributed by atoms with van der Waals surface area (Å²) in [6.45, 7) is 0. The SMILES string of the molecule is O=C(O)NC12CC(NC(=O)c3cnn(-c4ccc(Cl)c(F)c4)c3)(C1)C2. The van der Waals surface area contributed by atoms with Crippen LogP contribution in [0.2, 0.25) is 5.02 Å². The van der Waals surface area contributed by atoms with Crippen molar-refractivity contribution in [2.75, 3.05) is 0 Å². The van der Waals surface area contributed by atoms with E-state index in [9.17, 15) is 14.0 Å². The van der Waals surface area contributed by atoms with Crippen molar-refractivity contribution in [2.24, 2.45) is 0 Å². The molecule has 0 saturated heterocycles. The molecular formula is C16H14ClFN4O3. The first-order valence-corrected chi connectivity index (χ1v) is 8.01. The molecule has 0 unspecified atom stereocenters. The quantitative estimate of drug-likeness (QED) is 0.775. The van der Waals surface area contributed by atoms with E-state index in [4.69, 9.17) is 16.7 Å². The zero-order chi connectivity index (χ0) is 17.8. The minimum atomic E-state index is -1.05. The third kappa shape index (κ3) is 2.62. The number of nitrogens with one attached hydrogen (secondary N) is 2. The van der Waals surface area contributed by atoms with Crippen LogP contribution >= 0.6 is 11.6 Å². The topological polar surface area (TPSA) is 96.2 Å². The Hall–Kier alpha value is -2.61. The minimum Gasteiger partial charge on any atom is -0.465 e. The zero-order valence-electron chi connectivity index (χ0n) is 12.9. The highest BCUT2D eigenvalue weighted by Gasteiger charge is 2.69. The molecule has 0 atom stereocenters. The molecule has 2 amide bonds. The number of benzene rings is 1. The molecule has 3 aliphatic rings. The van der Waals surface area contributed by atoms with Gasteiger partial charge in [-0.1, -0.05) is 11.6 Å². The summed E-state index contributed by atoms with van der Waals surface area (Å²) in [5.41, 5.74) is 0.0782. The molecule has 5 rings (SSSR count). The van der Waals surface area contributed by atoms with E-state index in [1.807, 2.05) is 0 Å². The minimum absolute atomic E-state index is 0.0152. The predicted octanol–water partition coefficient (Wildman–Crippen LogP) is 2.34. The first kappa shape index (κ1) is 15.9. The van der Waals surface area contributed by atoms with Crippen LogP contribution in [0.25, 0.3) is 5.69 Å². The summed E-state index contributed by atoms with van der Waals surface area (Å²) in [7, 11) is 0. The Morgan fingerprint density at radius 3 is 2.56 bits per heavy atom. The molecule has 1 aromatic heterocycles. The van der Waals surface area contributed by atoms with Crippen molar-refractivity contribution in [1.29, 1.82) is 0 Å². The predicted molar refractivity (Wildman–Crippen MR) is 86.5 cm³/mol. The van der Waals surface area contributed by atoms with Crippen molar-refractivity contribution < 1.29 is 19.1 Å². The molecule has 2 bridgehead atoms. The zero-order valence-corrected chi connectivity index (χ0v) is 13.7. The molecule has 25 heavy (non-hydrogen) atoms. The molecule has 0 spiro atoms. The number of aromatic nitrogens is 2. The van der Waals surface area contributed by atoms with Crippen LogP contribution in [-0.4, -0.2) is 38.0 Å². The van der Waals surface area contributed by atoms with Crippen molar-refractivity contribution in [3.05, 3.63) is 47.0 Å². The van der Waals surface area contributed by atoms with Crippen LogP contribution in [0, 0.1) is 5.82 Å². The van der Waals surface area contributed by atoms with Crippen LogP contribution in [0.1, 0.15) is 29.6 Å². The van der Waals surface area contributed by atoms with Gasteiger partial charge in [-0.05, 0) is 31.4 Å². The Morgan fingerprint density at radius 1 is 1.24 bits per heavy atom. The second-order valence-corrected chi connectivity index (χ2v) is 7.15. The highest BCUT2D eigenvalue weighted by atomic mass is 35.5. The molecule has 7 nitrogen and oxygen atoms in total. The van der Waals surface area contributed by atoms with Gasteiger partial charge in [-0.25, -0.2) is 13.9 Å². The number of hydrogen-bond acceptors (Lipinski definition) is 3. The van der Waals surface area contributed by atoms with E-state index >= 15 is 0 Å². The van der Waals surface area contributed by atoms with Crippen molar-refractivity contribution in [3.63, 3.8) is 0 Å². The lowest BCUT2D eigenvalue weighted by molar-refractivity contribution is -0.0917. The molecule has 3 N–H and O–H groups in total. The van der Waals surface area contributed by atoms with Gasteiger partial charge in [0.2, 0.25) is 0 Å². The van der Waals surface area contributed by atoms with Crippen LogP contribution in [0.5, 0.6) is 0 Å². The fourth-order valence-corrected chi connectivity index (χ4v) is 3.92. The van der Waals surface area contributed by atoms with E-state index in [0.717, 1.165) is 0 Å². The average Bonchev–Trinajstić information content (AvgIpc) is 2.96. The van der Waals surface area contributed by atoms with Gasteiger partial charge in [-0.15, -0.1) is 0 Å². The Kier molecular flexibility index (Phi) is 3.30. The summed E-state index contributed by atoms with van der Waals surface area (Å²) in [5, 5.41) is 18.3. The van der Waals surface area contributed by atoms with Gasteiger partial charge in [-0.3, -0.25) is 4.79 Å². The second kappa shape index (κ2) is 5.19. The molecule has 0 aliphatic heterocycles. The van der Waals surface area contributed by atoms with Crippen molar-refractivity contribution >= 4 is 23.6 Å². The summed E-state index contributed by atoms with van der Waals surface area (Å²) in [6, 6.07) is 4.26. The molecule has 2 aromatic rings. The maximum absolute atomic E-state index is 13.5. The normalized spacial score (nSPS) is 26.3. The van der Waals surface area contributed by atoms with Gasteiger partial charge in [0.05, 0.1) is 28.0 Å². The van der Waals surface area contributed by atoms with Crippen molar-refractivity contribution in [1.82, 2.24) is 20.4 Å². The van der Waals surface area contributed by atoms with Gasteiger partial charge >= 0.3 is 6.09 Å². The lowest BCUT2D eigenvalue weighted by Gasteiger charge is -2.69. The first-order chi connectivity index (χ1) is 11.8. The summed E-state index contributed by atoms with van der Waals surface area (Å²) in [5.74, 6) is -0.852. The molecule has 3 saturated carbocycles. The van der Waals surface area contributed by atoms with E-state index in [0.29, 0.717) is 30.5 Å². The number of nitrogens with zero attached hydrogens (tertiary/aromatic N) is 2. The number of hydrogen-bond donors (Lipinski definition) is 3. The monoisotopic (exact) mass is 364 g/mol. The van der Waals surface area contributed by atoms with E-state index in [-0.39, 0.29) is 22.0 Å². The summed E-state index contributed by atoms with van der Waals surface area (Å²) in [6.07, 6.45) is 3.64. The van der Waals surface area contributed by atoms with Gasteiger partial charge < -0.3 is 15.7 Å². The maximum atomic E-state index is 13.5. The number of amides is 2. The molecular weight excluding hydrogens is 351 g/mol. The Bertz CT molecular complexity index is 877. The highest BCUT2D eigenvalue weighted by molar-refractivity contribution is 6.30. The van der Waals surface area contributed by atoms with Gasteiger partial charge in [0, 0.05) is 17.8 Å². The first-order valence-electron chi connectivity index (χ1n) is 7.64. The fourth-order valence-electron chi connectivity index (χ4n) is 3.80. The van der Waals surface area contributed by atoms with E-state index in [1.54, 1.807) is 6.07 Å². The third-order valence-electron chi connectivity index (χ3n) is 4.79. The number of carbonyl (C=O) groups excluding carboxylic acids is 1. The van der Waals surface area contributed by atoms with Gasteiger partial charge in [-0.2, -0.15) is 5.10 Å². The van der Waals surface area contributed by atoms with E-state index in [2.05, 4.69) is 15.7 Å². The van der Waals surface area contributed by atoms with E-state index in [1.165, 1.54) is 29.2 Å². The van der Waals surface area contributed by atoms with Crippen LogP contribution in [-0.2, 0) is 0 Å². The van der Waals surface area contributed by atoms with Gasteiger partial charge in [0.1, 0.15) is 5.82 Å². The van der Waals surface area contributed by atoms with Crippen molar-refractivity contribution in [3.8, 4) is 5.69 Å². The van der Waals surface area contributed by atoms with Crippen LogP contribution in [0.4, 0.5) is 9.18 Å². The summed E-state index contributed by atoms with van der Waals surface area (Å²) in [4.78, 5) is 23.1. The standard InChI is InChI=1S/C16H14ClFN4O3/c17-11-2-1-10(3-12(11)18)22-5-9(4-19-22)13(23)20-15-6-16(7-15,8-15)21-14(24)25/h1-5,21H,6-8H2,(H,20,23)(H,24,25). The third-order valence-corrected chi connectivity index (χ3v) is 5.10. The fraction of sp³-hybridized carbons (Fsp3) is 0.312. The van der Waals surface area contributed by atoms with Crippen LogP contribution in [0.15, 0.2) is 30.6 Å². The molecule has 3 fully saturated rings. The molecule has 3 aliphatic carbocycles. The lowest BCUT2D eigenvalue weighted by atomic mass is 9.44. The largest absolute Gasteiger partial charge is 0.465 e. The smallest absolute Gasteiger partial charge is 0.405 e. The van der Waals surface area contributed by atoms with Gasteiger partial charge in [0.15, 0.2) is 0 Å². The van der Waals surface area contributed by atoms with Crippen LogP contribution < -0.4 is 10.6 Å². The molecule has 0 radical (unpaired) electrons. The Labute approximate surface area is 146 Å². The molecule has 1 aromatic carbocycles. The number of carbonyl (C=O) groups is 2. The summed E-state index contributed by atoms with van der Waals surface area (Å²) >= 11 is 5.66. The number of rotatable bonds is 4. The molecule has 9 heteroatoms. The molecule has 1 heterocycles. The molecule has 130 valence electrons. The number of carboxylic acid groups (broad SMARTS) is 1. The Balaban J connectivity index is 1.42. The van der Waals surface area contributed by atoms with Crippen molar-refractivity contribution in [2.45, 2.75) is 30.3 Å². The summed E-state index contributed by atoms with van der Waals surface area (Å²) < 4.78 is 14.9.